The van der Waals surface area contributed by atoms with Crippen LogP contribution in [-0.2, 0) is 4.74 Å². The maximum absolute atomic E-state index is 12.9. The highest BCUT2D eigenvalue weighted by atomic mass is 16.5. The average Bonchev–Trinajstić information content (AvgIpc) is 3.33. The van der Waals surface area contributed by atoms with Crippen LogP contribution < -0.4 is 10.6 Å². The molecule has 3 heterocycles. The van der Waals surface area contributed by atoms with Crippen molar-refractivity contribution in [2.24, 2.45) is 0 Å². The van der Waals surface area contributed by atoms with Crippen LogP contribution in [0.25, 0.3) is 5.52 Å². The van der Waals surface area contributed by atoms with Gasteiger partial charge >= 0.3 is 0 Å². The van der Waals surface area contributed by atoms with Crippen LogP contribution in [0.1, 0.15) is 45.1 Å². The summed E-state index contributed by atoms with van der Waals surface area (Å²) >= 11 is 0. The Balaban J connectivity index is 1.59. The first-order valence-corrected chi connectivity index (χ1v) is 9.78. The highest BCUT2D eigenvalue weighted by Crippen LogP contribution is 2.18. The maximum Gasteiger partial charge on any atom is 0.287 e. The van der Waals surface area contributed by atoms with Crippen LogP contribution in [0.15, 0.2) is 42.6 Å². The van der Waals surface area contributed by atoms with Crippen molar-refractivity contribution < 1.29 is 14.3 Å². The van der Waals surface area contributed by atoms with Crippen molar-refractivity contribution in [3.05, 3.63) is 65.2 Å². The zero-order chi connectivity index (χ0) is 20.4. The molecule has 1 aliphatic rings. The van der Waals surface area contributed by atoms with Gasteiger partial charge in [-0.05, 0) is 62.1 Å². The minimum Gasteiger partial charge on any atom is -0.376 e. The van der Waals surface area contributed by atoms with Crippen molar-refractivity contribution in [2.75, 3.05) is 18.5 Å². The minimum atomic E-state index is -0.350. The summed E-state index contributed by atoms with van der Waals surface area (Å²) in [7, 11) is 0. The standard InChI is InChI=1S/C22H24N4O3/c1-14-10-15(2)12-16(11-14)24-21(27)19-18-7-3-4-8-26(18)20(25-19)22(28)23-13-17-6-5-9-29-17/h3-4,7-8,10-12,17H,5-6,9,13H2,1-2H3,(H,23,28)(H,24,27). The molecule has 7 heteroatoms. The van der Waals surface area contributed by atoms with Gasteiger partial charge in [0.25, 0.3) is 11.8 Å². The molecule has 1 unspecified atom stereocenters. The smallest absolute Gasteiger partial charge is 0.287 e. The second-order valence-electron chi connectivity index (χ2n) is 7.42. The van der Waals surface area contributed by atoms with E-state index in [2.05, 4.69) is 15.6 Å². The Morgan fingerprint density at radius 1 is 1.17 bits per heavy atom. The van der Waals surface area contributed by atoms with Gasteiger partial charge in [-0.3, -0.25) is 14.0 Å². The highest BCUT2D eigenvalue weighted by Gasteiger charge is 2.23. The average molecular weight is 392 g/mol. The van der Waals surface area contributed by atoms with Crippen molar-refractivity contribution >= 4 is 23.0 Å². The molecule has 29 heavy (non-hydrogen) atoms. The van der Waals surface area contributed by atoms with E-state index in [4.69, 9.17) is 4.74 Å². The van der Waals surface area contributed by atoms with Crippen molar-refractivity contribution in [1.82, 2.24) is 14.7 Å². The normalized spacial score (nSPS) is 16.1. The van der Waals surface area contributed by atoms with Crippen LogP contribution in [0.5, 0.6) is 0 Å². The molecule has 4 rings (SSSR count). The zero-order valence-corrected chi connectivity index (χ0v) is 16.6. The lowest BCUT2D eigenvalue weighted by molar-refractivity contribution is 0.0848. The third-order valence-corrected chi connectivity index (χ3v) is 4.96. The van der Waals surface area contributed by atoms with E-state index in [1.807, 2.05) is 38.1 Å². The Morgan fingerprint density at radius 2 is 1.97 bits per heavy atom. The summed E-state index contributed by atoms with van der Waals surface area (Å²) in [4.78, 5) is 30.0. The predicted octanol–water partition coefficient (Wildman–Crippen LogP) is 3.11. The number of carbonyl (C=O) groups excluding carboxylic acids is 2. The number of rotatable bonds is 5. The second-order valence-corrected chi connectivity index (χ2v) is 7.42. The molecule has 1 atom stereocenters. The minimum absolute atomic E-state index is 0.0394. The largest absolute Gasteiger partial charge is 0.376 e. The van der Waals surface area contributed by atoms with Crippen LogP contribution in [0.3, 0.4) is 0 Å². The van der Waals surface area contributed by atoms with E-state index >= 15 is 0 Å². The molecule has 2 aromatic heterocycles. The van der Waals surface area contributed by atoms with E-state index in [-0.39, 0.29) is 29.4 Å². The fourth-order valence-electron chi connectivity index (χ4n) is 3.69. The summed E-state index contributed by atoms with van der Waals surface area (Å²) in [6.07, 6.45) is 3.72. The molecule has 7 nitrogen and oxygen atoms in total. The third kappa shape index (κ3) is 4.14. The lowest BCUT2D eigenvalue weighted by atomic mass is 10.1. The number of benzene rings is 1. The number of pyridine rings is 1. The first-order valence-electron chi connectivity index (χ1n) is 9.78. The van der Waals surface area contributed by atoms with Gasteiger partial charge in [-0.25, -0.2) is 4.98 Å². The van der Waals surface area contributed by atoms with E-state index in [0.29, 0.717) is 17.7 Å². The number of aromatic nitrogens is 2. The SMILES string of the molecule is Cc1cc(C)cc(NC(=O)c2nc(C(=O)NCC3CCCO3)n3ccccc23)c1. The molecular formula is C22H24N4O3. The fourth-order valence-corrected chi connectivity index (χ4v) is 3.69. The molecule has 0 radical (unpaired) electrons. The highest BCUT2D eigenvalue weighted by molar-refractivity contribution is 6.09. The second kappa shape index (κ2) is 8.05. The first kappa shape index (κ1) is 19.1. The van der Waals surface area contributed by atoms with Gasteiger partial charge in [0.15, 0.2) is 5.69 Å². The molecule has 2 N–H and O–H groups in total. The van der Waals surface area contributed by atoms with Crippen LogP contribution in [0.2, 0.25) is 0 Å². The molecule has 1 aromatic carbocycles. The number of nitrogens with zero attached hydrogens (tertiary/aromatic N) is 2. The van der Waals surface area contributed by atoms with E-state index < -0.39 is 0 Å². The van der Waals surface area contributed by atoms with Crippen molar-refractivity contribution in [2.45, 2.75) is 32.8 Å². The third-order valence-electron chi connectivity index (χ3n) is 4.96. The number of ether oxygens (including phenoxy) is 1. The number of nitrogens with one attached hydrogen (secondary N) is 2. The first-order chi connectivity index (χ1) is 14.0. The van der Waals surface area contributed by atoms with E-state index in [9.17, 15) is 9.59 Å². The fraction of sp³-hybridized carbons (Fsp3) is 0.318. The maximum atomic E-state index is 12.9. The number of amides is 2. The van der Waals surface area contributed by atoms with E-state index in [1.165, 1.54) is 0 Å². The Kier molecular flexibility index (Phi) is 5.31. The van der Waals surface area contributed by atoms with Crippen LogP contribution >= 0.6 is 0 Å². The number of hydrogen-bond acceptors (Lipinski definition) is 4. The van der Waals surface area contributed by atoms with Crippen molar-refractivity contribution in [3.8, 4) is 0 Å². The number of carbonyl (C=O) groups is 2. The zero-order valence-electron chi connectivity index (χ0n) is 16.6. The molecule has 1 fully saturated rings. The summed E-state index contributed by atoms with van der Waals surface area (Å²) < 4.78 is 7.19. The van der Waals surface area contributed by atoms with Gasteiger partial charge in [0.1, 0.15) is 0 Å². The summed E-state index contributed by atoms with van der Waals surface area (Å²) in [6.45, 7) is 5.12. The predicted molar refractivity (Wildman–Crippen MR) is 110 cm³/mol. The van der Waals surface area contributed by atoms with Crippen molar-refractivity contribution in [1.29, 1.82) is 0 Å². The molecule has 0 saturated carbocycles. The summed E-state index contributed by atoms with van der Waals surface area (Å²) in [5, 5.41) is 5.77. The van der Waals surface area contributed by atoms with Gasteiger partial charge in [0.05, 0.1) is 11.6 Å². The van der Waals surface area contributed by atoms with Gasteiger partial charge in [-0.1, -0.05) is 12.1 Å². The van der Waals surface area contributed by atoms with Crippen molar-refractivity contribution in [3.63, 3.8) is 0 Å². The quantitative estimate of drug-likeness (QED) is 0.699. The Labute approximate surface area is 169 Å². The van der Waals surface area contributed by atoms with E-state index in [1.54, 1.807) is 22.7 Å². The molecule has 2 amide bonds. The van der Waals surface area contributed by atoms with Crippen LogP contribution in [0, 0.1) is 13.8 Å². The lowest BCUT2D eigenvalue weighted by Gasteiger charge is -2.10. The molecule has 1 aliphatic heterocycles. The van der Waals surface area contributed by atoms with Gasteiger partial charge in [0.2, 0.25) is 5.82 Å². The van der Waals surface area contributed by atoms with Crippen LogP contribution in [0.4, 0.5) is 5.69 Å². The number of fused-ring (bicyclic) bond motifs is 1. The molecule has 0 aliphatic carbocycles. The number of hydrogen-bond donors (Lipinski definition) is 2. The monoisotopic (exact) mass is 392 g/mol. The molecule has 0 spiro atoms. The Morgan fingerprint density at radius 3 is 2.69 bits per heavy atom. The summed E-state index contributed by atoms with van der Waals surface area (Å²) in [5.41, 5.74) is 3.62. The van der Waals surface area contributed by atoms with Gasteiger partial charge in [-0.2, -0.15) is 0 Å². The number of imidazole rings is 1. The molecule has 150 valence electrons. The van der Waals surface area contributed by atoms with Gasteiger partial charge < -0.3 is 15.4 Å². The number of anilines is 1. The molecule has 3 aromatic rings. The lowest BCUT2D eigenvalue weighted by Crippen LogP contribution is -2.33. The molecular weight excluding hydrogens is 368 g/mol. The molecule has 0 bridgehead atoms. The topological polar surface area (TPSA) is 84.7 Å². The summed E-state index contributed by atoms with van der Waals surface area (Å²) in [5.74, 6) is -0.492. The number of aryl methyl sites for hydroxylation is 2. The van der Waals surface area contributed by atoms with Gasteiger partial charge in [0, 0.05) is 25.0 Å². The van der Waals surface area contributed by atoms with Crippen LogP contribution in [-0.4, -0.2) is 40.5 Å². The Hall–Kier alpha value is -3.19. The molecule has 1 saturated heterocycles. The Bertz CT molecular complexity index is 1050. The van der Waals surface area contributed by atoms with Gasteiger partial charge in [-0.15, -0.1) is 0 Å². The van der Waals surface area contributed by atoms with E-state index in [0.717, 1.165) is 30.6 Å². The summed E-state index contributed by atoms with van der Waals surface area (Å²) in [6, 6.07) is 11.2.